The van der Waals surface area contributed by atoms with Crippen LogP contribution in [0.3, 0.4) is 0 Å². The van der Waals surface area contributed by atoms with E-state index in [1.165, 1.54) is 5.56 Å². The number of thioether (sulfide) groups is 1. The Bertz CT molecular complexity index is 405. The molecule has 1 saturated heterocycles. The molecular formula is C12H13NOS2. The van der Waals surface area contributed by atoms with E-state index >= 15 is 0 Å². The first kappa shape index (κ1) is 11.6. The van der Waals surface area contributed by atoms with E-state index in [1.807, 2.05) is 18.2 Å². The lowest BCUT2D eigenvalue weighted by atomic mass is 9.90. The van der Waals surface area contributed by atoms with Crippen LogP contribution in [-0.4, -0.2) is 15.5 Å². The molecule has 2 unspecified atom stereocenters. The average molecular weight is 251 g/mol. The molecule has 1 N–H and O–H groups in total. The van der Waals surface area contributed by atoms with Crippen LogP contribution in [0, 0.1) is 0 Å². The van der Waals surface area contributed by atoms with Crippen molar-refractivity contribution in [2.75, 3.05) is 0 Å². The Morgan fingerprint density at radius 1 is 1.44 bits per heavy atom. The molecule has 0 saturated carbocycles. The lowest BCUT2D eigenvalue weighted by molar-refractivity contribution is -0.112. The number of hydrogen-bond acceptors (Lipinski definition) is 3. The number of nitrogens with one attached hydrogen (secondary N) is 1. The highest BCUT2D eigenvalue weighted by Gasteiger charge is 2.35. The molecule has 2 atom stereocenters. The molecule has 4 heteroatoms. The van der Waals surface area contributed by atoms with Crippen molar-refractivity contribution >= 4 is 33.4 Å². The minimum absolute atomic E-state index is 0.140. The van der Waals surface area contributed by atoms with Crippen LogP contribution in [0.1, 0.15) is 24.8 Å². The number of carbonyl (C=O) groups excluding carboxylic acids is 1. The zero-order chi connectivity index (χ0) is 11.5. The third kappa shape index (κ3) is 2.28. The number of carbonyl (C=O) groups is 1. The van der Waals surface area contributed by atoms with Gasteiger partial charge in [0.05, 0.1) is 0 Å². The van der Waals surface area contributed by atoms with Crippen molar-refractivity contribution in [3.63, 3.8) is 0 Å². The fraction of sp³-hybridized carbons (Fsp3) is 0.333. The molecule has 84 valence electrons. The minimum Gasteiger partial charge on any atom is -0.359 e. The average Bonchev–Trinajstić information content (AvgIpc) is 2.61. The van der Waals surface area contributed by atoms with Crippen LogP contribution < -0.4 is 5.32 Å². The van der Waals surface area contributed by atoms with E-state index in [4.69, 9.17) is 12.2 Å². The Balaban J connectivity index is 2.24. The first-order valence-electron chi connectivity index (χ1n) is 5.29. The largest absolute Gasteiger partial charge is 0.359 e. The van der Waals surface area contributed by atoms with Gasteiger partial charge in [0.15, 0.2) is 0 Å². The molecule has 1 aliphatic rings. The highest BCUT2D eigenvalue weighted by molar-refractivity contribution is 8.33. The van der Waals surface area contributed by atoms with Gasteiger partial charge < -0.3 is 5.32 Å². The maximum absolute atomic E-state index is 11.8. The first-order chi connectivity index (χ1) is 7.72. The predicted molar refractivity (Wildman–Crippen MR) is 71.6 cm³/mol. The van der Waals surface area contributed by atoms with Crippen molar-refractivity contribution in [2.45, 2.75) is 25.3 Å². The second-order valence-corrected chi connectivity index (χ2v) is 5.44. The van der Waals surface area contributed by atoms with E-state index in [0.29, 0.717) is 4.32 Å². The fourth-order valence-electron chi connectivity index (χ4n) is 2.00. The lowest BCUT2D eigenvalue weighted by Crippen LogP contribution is -2.34. The molecule has 0 aromatic heterocycles. The van der Waals surface area contributed by atoms with Crippen molar-refractivity contribution in [3.05, 3.63) is 35.9 Å². The molecular weight excluding hydrogens is 238 g/mol. The van der Waals surface area contributed by atoms with E-state index < -0.39 is 0 Å². The third-order valence-corrected chi connectivity index (χ3v) is 3.92. The molecule has 0 amide bonds. The smallest absolute Gasteiger partial charge is 0.218 e. The van der Waals surface area contributed by atoms with E-state index in [1.54, 1.807) is 0 Å². The topological polar surface area (TPSA) is 29.1 Å². The van der Waals surface area contributed by atoms with Gasteiger partial charge in [0.1, 0.15) is 10.4 Å². The molecule has 2 rings (SSSR count). The Hall–Kier alpha value is -0.870. The Morgan fingerprint density at radius 3 is 2.62 bits per heavy atom. The van der Waals surface area contributed by atoms with Gasteiger partial charge in [0.25, 0.3) is 0 Å². The zero-order valence-electron chi connectivity index (χ0n) is 8.97. The Morgan fingerprint density at radius 2 is 2.12 bits per heavy atom. The van der Waals surface area contributed by atoms with Crippen LogP contribution in [0.25, 0.3) is 0 Å². The second-order valence-electron chi connectivity index (χ2n) is 3.76. The van der Waals surface area contributed by atoms with Crippen LogP contribution in [0.15, 0.2) is 30.3 Å². The summed E-state index contributed by atoms with van der Waals surface area (Å²) in [6.45, 7) is 2.10. The maximum Gasteiger partial charge on any atom is 0.218 e. The van der Waals surface area contributed by atoms with Crippen LogP contribution >= 0.6 is 24.0 Å². The summed E-state index contributed by atoms with van der Waals surface area (Å²) >= 11 is 6.17. The number of thiocarbonyl (C=S) groups is 1. The Kier molecular flexibility index (Phi) is 3.61. The van der Waals surface area contributed by atoms with Crippen molar-refractivity contribution in [1.82, 2.24) is 5.32 Å². The number of hydrogen-bond donors (Lipinski definition) is 1. The van der Waals surface area contributed by atoms with Gasteiger partial charge in [-0.25, -0.2) is 0 Å². The van der Waals surface area contributed by atoms with Gasteiger partial charge in [-0.1, -0.05) is 49.5 Å². The molecule has 0 radical (unpaired) electrons. The molecule has 1 heterocycles. The molecule has 2 nitrogen and oxygen atoms in total. The van der Waals surface area contributed by atoms with E-state index in [9.17, 15) is 4.79 Å². The maximum atomic E-state index is 11.8. The van der Waals surface area contributed by atoms with Crippen molar-refractivity contribution in [2.24, 2.45) is 0 Å². The molecule has 0 bridgehead atoms. The monoisotopic (exact) mass is 251 g/mol. The summed E-state index contributed by atoms with van der Waals surface area (Å²) < 4.78 is 0.601. The SMILES string of the molecule is CCC(c1ccccc1)C1NC(=S)SC1=O. The van der Waals surface area contributed by atoms with Crippen LogP contribution in [0.4, 0.5) is 0 Å². The van der Waals surface area contributed by atoms with E-state index in [-0.39, 0.29) is 17.1 Å². The van der Waals surface area contributed by atoms with Crippen molar-refractivity contribution < 1.29 is 4.79 Å². The third-order valence-electron chi connectivity index (χ3n) is 2.79. The van der Waals surface area contributed by atoms with Crippen LogP contribution in [0.5, 0.6) is 0 Å². The van der Waals surface area contributed by atoms with Crippen LogP contribution in [0.2, 0.25) is 0 Å². The molecule has 0 aliphatic carbocycles. The predicted octanol–water partition coefficient (Wildman–Crippen LogP) is 2.70. The summed E-state index contributed by atoms with van der Waals surface area (Å²) in [5.41, 5.74) is 1.20. The molecule has 1 aromatic carbocycles. The first-order valence-corrected chi connectivity index (χ1v) is 6.52. The molecule has 0 spiro atoms. The van der Waals surface area contributed by atoms with Gasteiger partial charge in [0.2, 0.25) is 5.12 Å². The number of rotatable bonds is 3. The highest BCUT2D eigenvalue weighted by atomic mass is 32.2. The fourth-order valence-corrected chi connectivity index (χ4v) is 3.09. The minimum atomic E-state index is -0.162. The summed E-state index contributed by atoms with van der Waals surface area (Å²) in [7, 11) is 0. The van der Waals surface area contributed by atoms with Gasteiger partial charge >= 0.3 is 0 Å². The van der Waals surface area contributed by atoms with Crippen molar-refractivity contribution in [1.29, 1.82) is 0 Å². The molecule has 1 aromatic rings. The van der Waals surface area contributed by atoms with Gasteiger partial charge in [0, 0.05) is 5.92 Å². The standard InChI is InChI=1S/C12H13NOS2/c1-2-9(8-6-4-3-5-7-8)10-11(14)16-12(15)13-10/h3-7,9-10H,2H2,1H3,(H,13,15). The molecule has 1 aliphatic heterocycles. The lowest BCUT2D eigenvalue weighted by Gasteiger charge is -2.20. The van der Waals surface area contributed by atoms with Crippen LogP contribution in [-0.2, 0) is 4.79 Å². The summed E-state index contributed by atoms with van der Waals surface area (Å²) in [4.78, 5) is 11.8. The van der Waals surface area contributed by atoms with Gasteiger partial charge in [-0.2, -0.15) is 0 Å². The quantitative estimate of drug-likeness (QED) is 0.836. The van der Waals surface area contributed by atoms with Gasteiger partial charge in [-0.3, -0.25) is 4.79 Å². The summed E-state index contributed by atoms with van der Waals surface area (Å²) in [5.74, 6) is 0.210. The molecule has 1 fully saturated rings. The second kappa shape index (κ2) is 4.97. The van der Waals surface area contributed by atoms with Gasteiger partial charge in [-0.15, -0.1) is 0 Å². The van der Waals surface area contributed by atoms with E-state index in [2.05, 4.69) is 24.4 Å². The van der Waals surface area contributed by atoms with Crippen molar-refractivity contribution in [3.8, 4) is 0 Å². The Labute approximate surface area is 105 Å². The van der Waals surface area contributed by atoms with Gasteiger partial charge in [-0.05, 0) is 23.7 Å². The summed E-state index contributed by atoms with van der Waals surface area (Å²) in [6, 6.07) is 9.96. The zero-order valence-corrected chi connectivity index (χ0v) is 10.6. The summed E-state index contributed by atoms with van der Waals surface area (Å²) in [5, 5.41) is 3.24. The number of benzene rings is 1. The van der Waals surface area contributed by atoms with E-state index in [0.717, 1.165) is 18.2 Å². The highest BCUT2D eigenvalue weighted by Crippen LogP contribution is 2.30. The summed E-state index contributed by atoms with van der Waals surface area (Å²) in [6.07, 6.45) is 0.927. The molecule has 16 heavy (non-hydrogen) atoms. The normalized spacial score (nSPS) is 21.9.